The third kappa shape index (κ3) is 5.88. The van der Waals surface area contributed by atoms with E-state index in [9.17, 15) is 18.0 Å². The first-order valence-corrected chi connectivity index (χ1v) is 10.6. The summed E-state index contributed by atoms with van der Waals surface area (Å²) in [5, 5.41) is 3.30. The molecule has 0 aromatic heterocycles. The predicted octanol–water partition coefficient (Wildman–Crippen LogP) is 5.41. The first-order chi connectivity index (χ1) is 12.9. The molecule has 7 heteroatoms. The number of nitrogens with one attached hydrogen (secondary N) is 1. The third-order valence-corrected chi connectivity index (χ3v) is 6.81. The van der Waals surface area contributed by atoms with Gasteiger partial charge in [0, 0.05) is 35.8 Å². The van der Waals surface area contributed by atoms with E-state index < -0.39 is 23.9 Å². The van der Waals surface area contributed by atoms with Crippen molar-refractivity contribution in [2.75, 3.05) is 18.5 Å². The molecular weight excluding hydrogens is 375 g/mol. The molecule has 2 atom stereocenters. The molecular formula is C20H26F3NO2S. The number of amides is 1. The monoisotopic (exact) mass is 401 g/mol. The van der Waals surface area contributed by atoms with Crippen LogP contribution in [0.25, 0.3) is 0 Å². The smallest absolute Gasteiger partial charge is 0.381 e. The van der Waals surface area contributed by atoms with Gasteiger partial charge in [0.25, 0.3) is 0 Å². The van der Waals surface area contributed by atoms with Gasteiger partial charge in [-0.1, -0.05) is 25.0 Å². The number of carbonyl (C=O) groups is 1. The van der Waals surface area contributed by atoms with E-state index in [1.54, 1.807) is 6.07 Å². The van der Waals surface area contributed by atoms with Crippen LogP contribution in [0.2, 0.25) is 0 Å². The normalized spacial score (nSPS) is 24.6. The molecule has 3 nitrogen and oxygen atoms in total. The number of thioether (sulfide) groups is 1. The van der Waals surface area contributed by atoms with Gasteiger partial charge >= 0.3 is 6.18 Å². The van der Waals surface area contributed by atoms with Crippen LogP contribution in [0.3, 0.4) is 0 Å². The molecule has 1 heterocycles. The Labute approximate surface area is 162 Å². The summed E-state index contributed by atoms with van der Waals surface area (Å²) in [5.74, 6) is -2.20. The summed E-state index contributed by atoms with van der Waals surface area (Å²) in [5.41, 5.74) is 1.65. The molecule has 2 fully saturated rings. The Morgan fingerprint density at radius 1 is 1.15 bits per heavy atom. The average Bonchev–Trinajstić information content (AvgIpc) is 2.67. The number of rotatable bonds is 5. The van der Waals surface area contributed by atoms with Gasteiger partial charge in [0.1, 0.15) is 0 Å². The Bertz CT molecular complexity index is 632. The lowest BCUT2D eigenvalue weighted by Crippen LogP contribution is -2.39. The van der Waals surface area contributed by atoms with Crippen LogP contribution < -0.4 is 5.32 Å². The second-order valence-corrected chi connectivity index (χ2v) is 8.64. The van der Waals surface area contributed by atoms with Crippen molar-refractivity contribution in [3.8, 4) is 0 Å². The zero-order valence-electron chi connectivity index (χ0n) is 15.3. The lowest BCUT2D eigenvalue weighted by molar-refractivity contribution is -0.197. The topological polar surface area (TPSA) is 38.3 Å². The Balaban J connectivity index is 1.58. The minimum Gasteiger partial charge on any atom is -0.381 e. The van der Waals surface area contributed by atoms with E-state index in [0.29, 0.717) is 30.2 Å². The van der Waals surface area contributed by atoms with Crippen LogP contribution in [-0.2, 0) is 15.3 Å². The first kappa shape index (κ1) is 20.5. The lowest BCUT2D eigenvalue weighted by atomic mass is 9.78. The van der Waals surface area contributed by atoms with Crippen molar-refractivity contribution < 1.29 is 22.7 Å². The molecule has 1 saturated carbocycles. The van der Waals surface area contributed by atoms with Crippen molar-refractivity contribution in [3.05, 3.63) is 29.8 Å². The maximum atomic E-state index is 13.2. The summed E-state index contributed by atoms with van der Waals surface area (Å²) in [6.07, 6.45) is -0.675. The summed E-state index contributed by atoms with van der Waals surface area (Å²) >= 11 is 1.87. The van der Waals surface area contributed by atoms with Gasteiger partial charge in [-0.15, -0.1) is 0 Å². The molecule has 1 saturated heterocycles. The molecule has 0 radical (unpaired) electrons. The zero-order chi connectivity index (χ0) is 19.3. The van der Waals surface area contributed by atoms with Crippen LogP contribution in [0.1, 0.15) is 44.1 Å². The molecule has 1 amide bonds. The van der Waals surface area contributed by atoms with Gasteiger partial charge in [0.2, 0.25) is 5.91 Å². The standard InChI is InChI=1S/C20H26F3NO2S/c21-20(22,23)18-7-2-1-6-17(18)19(25)24-15-5-3-4-14(12-15)13-27-16-8-10-26-11-9-16/h3-5,12,16-18H,1-2,6-11,13H2,(H,24,25). The maximum absolute atomic E-state index is 13.2. The fourth-order valence-electron chi connectivity index (χ4n) is 3.87. The highest BCUT2D eigenvalue weighted by atomic mass is 32.2. The SMILES string of the molecule is O=C(Nc1cccc(CSC2CCOCC2)c1)C1CCCCC1C(F)(F)F. The Hall–Kier alpha value is -1.21. The molecule has 1 N–H and O–H groups in total. The summed E-state index contributed by atoms with van der Waals surface area (Å²) in [6, 6.07) is 7.44. The van der Waals surface area contributed by atoms with Crippen molar-refractivity contribution in [2.24, 2.45) is 11.8 Å². The molecule has 3 rings (SSSR count). The van der Waals surface area contributed by atoms with Crippen LogP contribution in [-0.4, -0.2) is 30.5 Å². The highest BCUT2D eigenvalue weighted by Crippen LogP contribution is 2.42. The number of anilines is 1. The van der Waals surface area contributed by atoms with E-state index in [-0.39, 0.29) is 6.42 Å². The molecule has 0 spiro atoms. The molecule has 1 aliphatic heterocycles. The number of hydrogen-bond acceptors (Lipinski definition) is 3. The Morgan fingerprint density at radius 2 is 1.89 bits per heavy atom. The quantitative estimate of drug-likeness (QED) is 0.717. The first-order valence-electron chi connectivity index (χ1n) is 9.59. The number of alkyl halides is 3. The van der Waals surface area contributed by atoms with Crippen LogP contribution in [0.5, 0.6) is 0 Å². The van der Waals surface area contributed by atoms with Crippen LogP contribution >= 0.6 is 11.8 Å². The van der Waals surface area contributed by atoms with Crippen LogP contribution in [0.15, 0.2) is 24.3 Å². The average molecular weight is 401 g/mol. The van der Waals surface area contributed by atoms with Gasteiger partial charge in [0.05, 0.1) is 5.92 Å². The van der Waals surface area contributed by atoms with Crippen molar-refractivity contribution >= 4 is 23.4 Å². The van der Waals surface area contributed by atoms with Gasteiger partial charge in [-0.2, -0.15) is 24.9 Å². The Morgan fingerprint density at radius 3 is 2.63 bits per heavy atom. The molecule has 2 unspecified atom stereocenters. The fourth-order valence-corrected chi connectivity index (χ4v) is 5.00. The largest absolute Gasteiger partial charge is 0.392 e. The minimum atomic E-state index is -4.31. The zero-order valence-corrected chi connectivity index (χ0v) is 16.1. The number of ether oxygens (including phenoxy) is 1. The van der Waals surface area contributed by atoms with Crippen molar-refractivity contribution in [3.63, 3.8) is 0 Å². The van der Waals surface area contributed by atoms with Gasteiger partial charge < -0.3 is 10.1 Å². The highest BCUT2D eigenvalue weighted by Gasteiger charge is 2.48. The molecule has 150 valence electrons. The van der Waals surface area contributed by atoms with Crippen LogP contribution in [0, 0.1) is 11.8 Å². The molecule has 1 aliphatic carbocycles. The molecule has 1 aromatic rings. The molecule has 0 bridgehead atoms. The van der Waals surface area contributed by atoms with Crippen molar-refractivity contribution in [2.45, 2.75) is 55.7 Å². The third-order valence-electron chi connectivity index (χ3n) is 5.37. The summed E-state index contributed by atoms with van der Waals surface area (Å²) in [6.45, 7) is 1.60. The van der Waals surface area contributed by atoms with Gasteiger partial charge in [-0.05, 0) is 43.4 Å². The van der Waals surface area contributed by atoms with E-state index in [2.05, 4.69) is 5.32 Å². The van der Waals surface area contributed by atoms with Crippen LogP contribution in [0.4, 0.5) is 18.9 Å². The second kappa shape index (κ2) is 9.32. The molecule has 1 aromatic carbocycles. The van der Waals surface area contributed by atoms with E-state index in [4.69, 9.17) is 4.74 Å². The number of carbonyl (C=O) groups excluding carboxylic acids is 1. The number of halogens is 3. The highest BCUT2D eigenvalue weighted by molar-refractivity contribution is 7.99. The summed E-state index contributed by atoms with van der Waals surface area (Å²) in [7, 11) is 0. The predicted molar refractivity (Wildman–Crippen MR) is 102 cm³/mol. The second-order valence-electron chi connectivity index (χ2n) is 7.35. The molecule has 2 aliphatic rings. The maximum Gasteiger partial charge on any atom is 0.392 e. The lowest BCUT2D eigenvalue weighted by Gasteiger charge is -2.32. The van der Waals surface area contributed by atoms with E-state index in [1.165, 1.54) is 0 Å². The summed E-state index contributed by atoms with van der Waals surface area (Å²) < 4.78 is 45.1. The van der Waals surface area contributed by atoms with E-state index in [0.717, 1.165) is 37.4 Å². The van der Waals surface area contributed by atoms with E-state index in [1.807, 2.05) is 30.0 Å². The van der Waals surface area contributed by atoms with Crippen molar-refractivity contribution in [1.29, 1.82) is 0 Å². The minimum absolute atomic E-state index is 0.0450. The Kier molecular flexibility index (Phi) is 7.09. The van der Waals surface area contributed by atoms with Gasteiger partial charge in [0.15, 0.2) is 0 Å². The summed E-state index contributed by atoms with van der Waals surface area (Å²) in [4.78, 5) is 12.5. The molecule has 27 heavy (non-hydrogen) atoms. The van der Waals surface area contributed by atoms with Gasteiger partial charge in [-0.3, -0.25) is 4.79 Å². The number of hydrogen-bond donors (Lipinski definition) is 1. The number of benzene rings is 1. The van der Waals surface area contributed by atoms with E-state index >= 15 is 0 Å². The van der Waals surface area contributed by atoms with Crippen molar-refractivity contribution in [1.82, 2.24) is 0 Å². The van der Waals surface area contributed by atoms with Gasteiger partial charge in [-0.25, -0.2) is 0 Å². The fraction of sp³-hybridized carbons (Fsp3) is 0.650.